The lowest BCUT2D eigenvalue weighted by molar-refractivity contribution is -0.164. The van der Waals surface area contributed by atoms with Crippen LogP contribution >= 0.6 is 124 Å². The van der Waals surface area contributed by atoms with Crippen molar-refractivity contribution in [3.8, 4) is 5.75 Å². The van der Waals surface area contributed by atoms with E-state index in [2.05, 4.69) is 114 Å². The number of ketones is 1. The molecule has 0 aromatic heterocycles. The number of esters is 6. The molecule has 0 aliphatic carbocycles. The minimum Gasteiger partial charge on any atom is -0.497 e. The summed E-state index contributed by atoms with van der Waals surface area (Å²) >= 11 is 35.9. The lowest BCUT2D eigenvalue weighted by Gasteiger charge is -2.32. The molecule has 0 spiro atoms. The number of hydrogen-bond acceptors (Lipinski definition) is 25. The summed E-state index contributed by atoms with van der Waals surface area (Å²) in [6, 6.07) is 7.52. The molecule has 1 aromatic rings. The zero-order chi connectivity index (χ0) is 55.6. The second-order valence-electron chi connectivity index (χ2n) is 15.2. The quantitative estimate of drug-likeness (QED) is 0.0102. The van der Waals surface area contributed by atoms with Crippen LogP contribution in [0, 0.1) is 17.7 Å². The van der Waals surface area contributed by atoms with Crippen LogP contribution in [0.3, 0.4) is 0 Å². The summed E-state index contributed by atoms with van der Waals surface area (Å²) in [5.74, 6) is 2.24. The number of hydrogen-bond donors (Lipinski definition) is 9. The van der Waals surface area contributed by atoms with Crippen LogP contribution in [0.4, 0.5) is 0 Å². The first-order chi connectivity index (χ1) is 35.0. The summed E-state index contributed by atoms with van der Waals surface area (Å²) in [6.07, 6.45) is 2.03. The number of aryl methyl sites for hydroxylation is 1. The van der Waals surface area contributed by atoms with Crippen LogP contribution in [0.1, 0.15) is 85.5 Å². The molecule has 0 bridgehead atoms. The van der Waals surface area contributed by atoms with Crippen molar-refractivity contribution >= 4 is 165 Å². The highest BCUT2D eigenvalue weighted by Gasteiger charge is 2.37. The maximum absolute atomic E-state index is 12.0. The van der Waals surface area contributed by atoms with Gasteiger partial charge in [0.2, 0.25) is 0 Å². The number of Topliss-reactive ketones (excluding diaryl/α,β-unsaturated/α-hetero) is 1. The van der Waals surface area contributed by atoms with Crippen molar-refractivity contribution in [3.63, 3.8) is 0 Å². The second kappa shape index (κ2) is 56.7. The van der Waals surface area contributed by atoms with Gasteiger partial charge in [-0.05, 0) is 37.6 Å². The van der Waals surface area contributed by atoms with Crippen LogP contribution in [0.5, 0.6) is 5.75 Å². The number of carbonyl (C=O) groups is 7. The molecule has 0 N–H and O–H groups in total. The molecule has 26 heteroatoms. The van der Waals surface area contributed by atoms with Crippen molar-refractivity contribution in [2.45, 2.75) is 85.5 Å². The summed E-state index contributed by atoms with van der Waals surface area (Å²) in [5.41, 5.74) is -0.789. The average Bonchev–Trinajstić information content (AvgIpc) is 3.38. The topological polar surface area (TPSA) is 203 Å². The number of rotatable bonds is 38. The van der Waals surface area contributed by atoms with Gasteiger partial charge in [-0.2, -0.15) is 124 Å². The highest BCUT2D eigenvalue weighted by atomic mass is 32.1. The fraction of sp³-hybridized carbons (Fsp3) is 0.729. The maximum atomic E-state index is 12.0. The lowest BCUT2D eigenvalue weighted by Crippen LogP contribution is -2.40. The Labute approximate surface area is 495 Å². The van der Waals surface area contributed by atoms with Crippen LogP contribution in [-0.4, -0.2) is 167 Å². The molecule has 74 heavy (non-hydrogen) atoms. The normalized spacial score (nSPS) is 10.6. The number of carbonyl (C=O) groups excluding carboxylic acids is 7. The highest BCUT2D eigenvalue weighted by Crippen LogP contribution is 2.28. The van der Waals surface area contributed by atoms with E-state index in [1.807, 2.05) is 31.2 Å². The van der Waals surface area contributed by atoms with Crippen LogP contribution in [0.15, 0.2) is 24.3 Å². The first-order valence-corrected chi connectivity index (χ1v) is 28.7. The van der Waals surface area contributed by atoms with Crippen molar-refractivity contribution in [1.29, 1.82) is 0 Å². The predicted octanol–water partition coefficient (Wildman–Crippen LogP) is 7.78. The van der Waals surface area contributed by atoms with E-state index in [0.29, 0.717) is 80.0 Å². The second-order valence-corrected chi connectivity index (χ2v) is 19.2. The highest BCUT2D eigenvalue weighted by molar-refractivity contribution is 7.81. The number of benzene rings is 1. The molecule has 1 rings (SSSR count). The molecule has 0 fully saturated rings. The third kappa shape index (κ3) is 49.3. The third-order valence-electron chi connectivity index (χ3n) is 9.21. The molecule has 434 valence electrons. The van der Waals surface area contributed by atoms with Crippen molar-refractivity contribution in [1.82, 2.24) is 0 Å². The Hall–Kier alpha value is -0.990. The Morgan fingerprint density at radius 2 is 0.743 bits per heavy atom. The molecule has 0 radical (unpaired) electrons. The first-order valence-electron chi connectivity index (χ1n) is 23.7. The van der Waals surface area contributed by atoms with Crippen molar-refractivity contribution in [2.24, 2.45) is 10.8 Å². The van der Waals surface area contributed by atoms with Crippen LogP contribution in [0.25, 0.3) is 0 Å². The first kappa shape index (κ1) is 79.5. The summed E-state index contributed by atoms with van der Waals surface area (Å²) in [7, 11) is 1.63. The molecule has 0 saturated carbocycles. The molecule has 0 aliphatic rings. The predicted molar refractivity (Wildman–Crippen MR) is 329 cm³/mol. The van der Waals surface area contributed by atoms with Gasteiger partial charge in [0.1, 0.15) is 51.2 Å². The molecule has 0 saturated heterocycles. The Balaban J connectivity index is -0.000000315. The third-order valence-corrected chi connectivity index (χ3v) is 11.1. The maximum Gasteiger partial charge on any atom is 0.306 e. The van der Waals surface area contributed by atoms with Gasteiger partial charge in [-0.25, -0.2) is 0 Å². The van der Waals surface area contributed by atoms with Gasteiger partial charge in [-0.15, -0.1) is 0 Å². The molecular weight excluding hydrogens is 1150 g/mol. The van der Waals surface area contributed by atoms with Crippen LogP contribution < -0.4 is 4.74 Å². The van der Waals surface area contributed by atoms with Crippen LogP contribution in [0.2, 0.25) is 0 Å². The summed E-state index contributed by atoms with van der Waals surface area (Å²) in [6.45, 7) is 4.44. The Bertz CT molecular complexity index is 1430. The molecular formula is C48H87O16PS9. The molecule has 0 aliphatic heterocycles. The molecule has 0 heterocycles. The Kier molecular flexibility index (Phi) is 60.9. The van der Waals surface area contributed by atoms with Gasteiger partial charge >= 0.3 is 35.8 Å². The van der Waals surface area contributed by atoms with E-state index in [-0.39, 0.29) is 121 Å². The van der Waals surface area contributed by atoms with E-state index in [1.54, 1.807) is 7.11 Å². The van der Waals surface area contributed by atoms with E-state index in [0.717, 1.165) is 22.8 Å². The van der Waals surface area contributed by atoms with Crippen molar-refractivity contribution < 1.29 is 77.6 Å². The Morgan fingerprint density at radius 3 is 0.986 bits per heavy atom. The van der Waals surface area contributed by atoms with Crippen LogP contribution in [-0.2, 0) is 71.5 Å². The SMILES string of the molecule is C.CCC(COC(=O)CCS)(COC(=O)CCS)COC(=O)CCS.O=C(CCS)CCC(COC(=O)CCS)(COC(=O)CCS)COC(=O)CCS.P.SCCOCCOCCS.[3H]Cc1ccc(OC)cc1. The van der Waals surface area contributed by atoms with Gasteiger partial charge in [0, 0.05) is 60.2 Å². The van der Waals surface area contributed by atoms with E-state index in [4.69, 9.17) is 44.0 Å². The number of methoxy groups -OCH3 is 1. The van der Waals surface area contributed by atoms with Gasteiger partial charge in [0.05, 0.1) is 82.9 Å². The van der Waals surface area contributed by atoms with Gasteiger partial charge < -0.3 is 42.6 Å². The van der Waals surface area contributed by atoms with Gasteiger partial charge in [-0.1, -0.05) is 32.0 Å². The zero-order valence-electron chi connectivity index (χ0n) is 43.3. The molecule has 16 nitrogen and oxygen atoms in total. The lowest BCUT2D eigenvalue weighted by atomic mass is 9.84. The van der Waals surface area contributed by atoms with Crippen molar-refractivity contribution in [3.05, 3.63) is 29.8 Å². The fourth-order valence-electron chi connectivity index (χ4n) is 4.89. The largest absolute Gasteiger partial charge is 0.497 e. The van der Waals surface area contributed by atoms with E-state index < -0.39 is 46.6 Å². The summed E-state index contributed by atoms with van der Waals surface area (Å²) < 4.78 is 53.8. The average molecular weight is 1240 g/mol. The molecule has 0 amide bonds. The van der Waals surface area contributed by atoms with E-state index >= 15 is 0 Å². The molecule has 1 aromatic carbocycles. The Morgan fingerprint density at radius 1 is 0.446 bits per heavy atom. The number of thiol groups is 9. The smallest absolute Gasteiger partial charge is 0.306 e. The number of ether oxygens (including phenoxy) is 9. The standard InChI is InChI=1S/C18H30O7S4.C15H26O6S3.C8H10O.C6H14O2S2.CH4.H3P/c19-14(2-7-26)1-6-18(11-23-15(20)3-8-27,12-24-16(21)4-9-28)13-25-17(22)5-10-29;1-2-15(9-19-12(16)3-6-22,10-20-13(17)4-7-23)11-21-14(18)5-8-24;1-7-3-5-8(9-2)6-4-7;9-5-3-7-1-2-8-4-6-10;;/h26-29H,1-13H2;22-24H,2-11H2,1H3;3-6H,1-2H3;9-10H,1-6H2;1H4;1H3/i;;1T;;;. The summed E-state index contributed by atoms with van der Waals surface area (Å²) in [5, 5.41) is 0. The summed E-state index contributed by atoms with van der Waals surface area (Å²) in [4.78, 5) is 82.2. The zero-order valence-corrected chi connectivity index (χ0v) is 51.8. The monoisotopic (exact) mass is 1240 g/mol. The minimum atomic E-state index is -1.03. The van der Waals surface area contributed by atoms with E-state index in [9.17, 15) is 33.6 Å². The molecule has 1 unspecified atom stereocenters. The van der Waals surface area contributed by atoms with Crippen molar-refractivity contribution in [2.75, 3.05) is 125 Å². The van der Waals surface area contributed by atoms with Gasteiger partial charge in [0.15, 0.2) is 0 Å². The van der Waals surface area contributed by atoms with Gasteiger partial charge in [0.25, 0.3) is 0 Å². The minimum absolute atomic E-state index is 0. The van der Waals surface area contributed by atoms with E-state index in [1.165, 1.54) is 0 Å². The fourth-order valence-corrected chi connectivity index (χ4v) is 6.49. The molecule has 1 atom stereocenters. The van der Waals surface area contributed by atoms with Gasteiger partial charge in [-0.3, -0.25) is 33.6 Å².